The van der Waals surface area contributed by atoms with Crippen molar-refractivity contribution in [3.63, 3.8) is 0 Å². The van der Waals surface area contributed by atoms with E-state index in [4.69, 9.17) is 4.74 Å². The number of ether oxygens (including phenoxy) is 1. The summed E-state index contributed by atoms with van der Waals surface area (Å²) in [5.41, 5.74) is 2.54. The van der Waals surface area contributed by atoms with Crippen LogP contribution < -0.4 is 4.74 Å². The molecule has 2 atom stereocenters. The van der Waals surface area contributed by atoms with Gasteiger partial charge >= 0.3 is 0 Å². The van der Waals surface area contributed by atoms with Gasteiger partial charge in [-0.1, -0.05) is 53.2 Å². The van der Waals surface area contributed by atoms with Crippen molar-refractivity contribution in [3.05, 3.63) is 29.3 Å². The van der Waals surface area contributed by atoms with Gasteiger partial charge in [-0.15, -0.1) is 0 Å². The van der Waals surface area contributed by atoms with E-state index in [1.165, 1.54) is 24.0 Å². The molecule has 0 aliphatic carbocycles. The van der Waals surface area contributed by atoms with E-state index in [-0.39, 0.29) is 6.10 Å². The number of aliphatic imine (C=N–C) groups is 1. The highest BCUT2D eigenvalue weighted by Gasteiger charge is 2.37. The normalized spacial score (nSPS) is 20.0. The number of benzene rings is 1. The third-order valence-corrected chi connectivity index (χ3v) is 5.36. The summed E-state index contributed by atoms with van der Waals surface area (Å²) in [6.45, 7) is 15.8. The molecule has 140 valence electrons. The monoisotopic (exact) mass is 344 g/mol. The molecule has 0 radical (unpaired) electrons. The van der Waals surface area contributed by atoms with Crippen LogP contribution in [0, 0.1) is 11.8 Å². The summed E-state index contributed by atoms with van der Waals surface area (Å²) in [6, 6.07) is 7.29. The van der Waals surface area contributed by atoms with E-state index in [1.54, 1.807) is 0 Å². The first-order chi connectivity index (χ1) is 11.8. The summed E-state index contributed by atoms with van der Waals surface area (Å²) >= 11 is 0. The standard InChI is InChI=1S/C22H36N2O/c1-9-11-16(6)24-17(7)18-12-10-13-19(20(18)22(24)23-8)25-21(14(2)3)15(4)5/h10,12-17,21H,9,11H2,1-8H3/b23-22-. The van der Waals surface area contributed by atoms with Crippen LogP contribution in [-0.4, -0.2) is 29.9 Å². The van der Waals surface area contributed by atoms with Gasteiger partial charge < -0.3 is 9.64 Å². The Labute approximate surface area is 154 Å². The quantitative estimate of drug-likeness (QED) is 0.635. The average Bonchev–Trinajstić information content (AvgIpc) is 2.85. The van der Waals surface area contributed by atoms with Gasteiger partial charge in [0, 0.05) is 13.1 Å². The molecule has 2 rings (SSSR count). The fraction of sp³-hybridized carbons (Fsp3) is 0.682. The van der Waals surface area contributed by atoms with E-state index in [2.05, 4.69) is 76.6 Å². The number of amidine groups is 1. The Morgan fingerprint density at radius 1 is 1.12 bits per heavy atom. The van der Waals surface area contributed by atoms with Crippen LogP contribution in [-0.2, 0) is 0 Å². The van der Waals surface area contributed by atoms with Gasteiger partial charge in [0.25, 0.3) is 0 Å². The predicted octanol–water partition coefficient (Wildman–Crippen LogP) is 5.69. The van der Waals surface area contributed by atoms with Crippen LogP contribution >= 0.6 is 0 Å². The van der Waals surface area contributed by atoms with Crippen molar-refractivity contribution >= 4 is 5.84 Å². The third-order valence-electron chi connectivity index (χ3n) is 5.36. The minimum atomic E-state index is 0.210. The molecule has 1 heterocycles. The molecule has 3 nitrogen and oxygen atoms in total. The van der Waals surface area contributed by atoms with E-state index in [0.29, 0.717) is 23.9 Å². The zero-order valence-electron chi connectivity index (χ0n) is 17.3. The molecular formula is C22H36N2O. The van der Waals surface area contributed by atoms with Gasteiger partial charge in [-0.3, -0.25) is 4.99 Å². The Hall–Kier alpha value is -1.51. The van der Waals surface area contributed by atoms with Crippen LogP contribution in [0.2, 0.25) is 0 Å². The first-order valence-corrected chi connectivity index (χ1v) is 9.88. The van der Waals surface area contributed by atoms with Gasteiger partial charge in [-0.2, -0.15) is 0 Å². The van der Waals surface area contributed by atoms with Crippen molar-refractivity contribution in [2.24, 2.45) is 16.8 Å². The van der Waals surface area contributed by atoms with E-state index in [0.717, 1.165) is 11.6 Å². The second kappa shape index (κ2) is 8.25. The number of fused-ring (bicyclic) bond motifs is 1. The molecule has 0 spiro atoms. The Kier molecular flexibility index (Phi) is 6.53. The van der Waals surface area contributed by atoms with Crippen LogP contribution in [0.15, 0.2) is 23.2 Å². The fourth-order valence-corrected chi connectivity index (χ4v) is 4.26. The maximum Gasteiger partial charge on any atom is 0.135 e. The zero-order valence-corrected chi connectivity index (χ0v) is 17.3. The average molecular weight is 345 g/mol. The number of hydrogen-bond acceptors (Lipinski definition) is 2. The van der Waals surface area contributed by atoms with Gasteiger partial charge in [-0.05, 0) is 43.7 Å². The minimum absolute atomic E-state index is 0.210. The number of nitrogens with zero attached hydrogens (tertiary/aromatic N) is 2. The van der Waals surface area contributed by atoms with Crippen LogP contribution in [0.1, 0.15) is 78.5 Å². The molecule has 0 N–H and O–H groups in total. The molecule has 0 saturated heterocycles. The lowest BCUT2D eigenvalue weighted by Crippen LogP contribution is -2.36. The molecule has 1 aliphatic heterocycles. The Morgan fingerprint density at radius 2 is 1.76 bits per heavy atom. The summed E-state index contributed by atoms with van der Waals surface area (Å²) in [7, 11) is 1.90. The highest BCUT2D eigenvalue weighted by atomic mass is 16.5. The number of rotatable bonds is 7. The van der Waals surface area contributed by atoms with Crippen LogP contribution in [0.3, 0.4) is 0 Å². The van der Waals surface area contributed by atoms with Crippen molar-refractivity contribution in [2.45, 2.75) is 79.5 Å². The van der Waals surface area contributed by atoms with Gasteiger partial charge in [0.15, 0.2) is 0 Å². The van der Waals surface area contributed by atoms with Gasteiger partial charge in [-0.25, -0.2) is 0 Å². The lowest BCUT2D eigenvalue weighted by atomic mass is 9.96. The maximum absolute atomic E-state index is 6.54. The smallest absolute Gasteiger partial charge is 0.135 e. The summed E-state index contributed by atoms with van der Waals surface area (Å²) in [5, 5.41) is 0. The Balaban J connectivity index is 2.45. The van der Waals surface area contributed by atoms with E-state index >= 15 is 0 Å². The lowest BCUT2D eigenvalue weighted by Gasteiger charge is -2.31. The highest BCUT2D eigenvalue weighted by molar-refractivity contribution is 6.05. The molecule has 0 aromatic heterocycles. The van der Waals surface area contributed by atoms with Crippen molar-refractivity contribution < 1.29 is 4.74 Å². The predicted molar refractivity (Wildman–Crippen MR) is 108 cm³/mol. The van der Waals surface area contributed by atoms with Gasteiger partial charge in [0.2, 0.25) is 0 Å². The van der Waals surface area contributed by atoms with Crippen molar-refractivity contribution in [2.75, 3.05) is 7.05 Å². The SMILES string of the molecule is CCCC(C)N1/C(=N\C)c2c(OC(C(C)C)C(C)C)cccc2C1C. The molecule has 1 aliphatic rings. The molecule has 25 heavy (non-hydrogen) atoms. The van der Waals surface area contributed by atoms with Crippen molar-refractivity contribution in [1.29, 1.82) is 0 Å². The molecular weight excluding hydrogens is 308 g/mol. The summed E-state index contributed by atoms with van der Waals surface area (Å²) in [4.78, 5) is 7.16. The van der Waals surface area contributed by atoms with Crippen LogP contribution in [0.25, 0.3) is 0 Å². The van der Waals surface area contributed by atoms with E-state index in [1.807, 2.05) is 7.05 Å². The number of hydrogen-bond donors (Lipinski definition) is 0. The lowest BCUT2D eigenvalue weighted by molar-refractivity contribution is 0.105. The summed E-state index contributed by atoms with van der Waals surface area (Å²) < 4.78 is 6.54. The molecule has 1 aromatic carbocycles. The topological polar surface area (TPSA) is 24.8 Å². The Morgan fingerprint density at radius 3 is 2.28 bits per heavy atom. The first-order valence-electron chi connectivity index (χ1n) is 9.88. The largest absolute Gasteiger partial charge is 0.489 e. The fourth-order valence-electron chi connectivity index (χ4n) is 4.26. The van der Waals surface area contributed by atoms with Gasteiger partial charge in [0.05, 0.1) is 11.6 Å². The molecule has 0 amide bonds. The third kappa shape index (κ3) is 3.86. The summed E-state index contributed by atoms with van der Waals surface area (Å²) in [5.74, 6) is 3.03. The van der Waals surface area contributed by atoms with E-state index < -0.39 is 0 Å². The summed E-state index contributed by atoms with van der Waals surface area (Å²) in [6.07, 6.45) is 2.57. The minimum Gasteiger partial charge on any atom is -0.489 e. The molecule has 3 heteroatoms. The molecule has 0 bridgehead atoms. The molecule has 0 saturated carbocycles. The Bertz CT molecular complexity index is 598. The van der Waals surface area contributed by atoms with Crippen LogP contribution in [0.5, 0.6) is 5.75 Å². The second-order valence-corrected chi connectivity index (χ2v) is 8.06. The van der Waals surface area contributed by atoms with Gasteiger partial charge in [0.1, 0.15) is 17.7 Å². The first kappa shape index (κ1) is 19.8. The van der Waals surface area contributed by atoms with E-state index in [9.17, 15) is 0 Å². The van der Waals surface area contributed by atoms with Crippen molar-refractivity contribution in [3.8, 4) is 5.75 Å². The second-order valence-electron chi connectivity index (χ2n) is 8.06. The highest BCUT2D eigenvalue weighted by Crippen LogP contribution is 2.41. The molecule has 1 aromatic rings. The maximum atomic E-state index is 6.54. The van der Waals surface area contributed by atoms with Crippen molar-refractivity contribution in [1.82, 2.24) is 4.90 Å². The molecule has 2 unspecified atom stereocenters. The molecule has 0 fully saturated rings. The van der Waals surface area contributed by atoms with Crippen LogP contribution in [0.4, 0.5) is 0 Å². The zero-order chi connectivity index (χ0) is 18.7.